The Morgan fingerprint density at radius 3 is 2.50 bits per heavy atom. The minimum Gasteiger partial charge on any atom is -0.333 e. The predicted molar refractivity (Wildman–Crippen MR) is 53.7 cm³/mol. The largest absolute Gasteiger partial charge is 0.333 e. The molecule has 0 fully saturated rings. The molecular weight excluding hydrogens is 248 g/mol. The highest BCUT2D eigenvalue weighted by Gasteiger charge is 2.17. The number of hydrogen-bond acceptors (Lipinski definition) is 4. The van der Waals surface area contributed by atoms with E-state index >= 15 is 0 Å². The molecule has 0 amide bonds. The summed E-state index contributed by atoms with van der Waals surface area (Å²) >= 11 is 3.14. The van der Waals surface area contributed by atoms with E-state index in [1.54, 1.807) is 4.68 Å². The van der Waals surface area contributed by atoms with Gasteiger partial charge in [-0.1, -0.05) is 0 Å². The maximum atomic E-state index is 5.06. The van der Waals surface area contributed by atoms with Crippen LogP contribution in [0.2, 0.25) is 0 Å². The van der Waals surface area contributed by atoms with Gasteiger partial charge in [0.05, 0.1) is 11.3 Å². The predicted octanol–water partition coefficient (Wildman–Crippen LogP) is 1.85. The van der Waals surface area contributed by atoms with Gasteiger partial charge in [0.2, 0.25) is 4.73 Å². The van der Waals surface area contributed by atoms with Gasteiger partial charge in [0, 0.05) is 12.7 Å². The van der Waals surface area contributed by atoms with E-state index in [1.165, 1.54) is 0 Å². The molecule has 74 valence electrons. The summed E-state index contributed by atoms with van der Waals surface area (Å²) in [6, 6.07) is 0. The summed E-state index contributed by atoms with van der Waals surface area (Å²) in [6.07, 6.45) is 0. The Hall–Kier alpha value is -1.17. The molecule has 0 radical (unpaired) electrons. The van der Waals surface area contributed by atoms with Crippen LogP contribution < -0.4 is 0 Å². The van der Waals surface area contributed by atoms with Crippen LogP contribution in [-0.4, -0.2) is 19.9 Å². The Bertz CT molecular complexity index is 474. The molecule has 0 aliphatic heterocycles. The average Bonchev–Trinajstić information content (AvgIpc) is 2.60. The summed E-state index contributed by atoms with van der Waals surface area (Å²) in [5.74, 6) is 0.500. The summed E-state index contributed by atoms with van der Waals surface area (Å²) in [6.45, 7) is 3.88. The van der Waals surface area contributed by atoms with Gasteiger partial charge in [0.1, 0.15) is 0 Å². The van der Waals surface area contributed by atoms with E-state index in [0.717, 1.165) is 17.0 Å². The molecule has 0 atom stereocenters. The summed E-state index contributed by atoms with van der Waals surface area (Å²) in [5, 5.41) is 7.95. The van der Waals surface area contributed by atoms with Gasteiger partial charge in [-0.05, 0) is 34.9 Å². The minimum atomic E-state index is 0.454. The van der Waals surface area contributed by atoms with Crippen LogP contribution >= 0.6 is 15.9 Å². The maximum Gasteiger partial charge on any atom is 0.262 e. The third-order valence-corrected chi connectivity index (χ3v) is 2.45. The molecule has 2 aromatic rings. The minimum absolute atomic E-state index is 0.454. The van der Waals surface area contributed by atoms with E-state index in [0.29, 0.717) is 10.6 Å². The summed E-state index contributed by atoms with van der Waals surface area (Å²) in [4.78, 5) is 4.10. The number of hydrogen-bond donors (Lipinski definition) is 0. The van der Waals surface area contributed by atoms with E-state index in [9.17, 15) is 0 Å². The van der Waals surface area contributed by atoms with Crippen LogP contribution in [0.4, 0.5) is 0 Å². The highest BCUT2D eigenvalue weighted by Crippen LogP contribution is 2.25. The summed E-state index contributed by atoms with van der Waals surface area (Å²) < 4.78 is 7.31. The molecule has 0 saturated carbocycles. The van der Waals surface area contributed by atoms with Crippen LogP contribution in [0.5, 0.6) is 0 Å². The molecule has 0 unspecified atom stereocenters. The first-order valence-electron chi connectivity index (χ1n) is 4.09. The average molecular weight is 257 g/mol. The molecule has 0 aromatic carbocycles. The number of halogens is 1. The van der Waals surface area contributed by atoms with E-state index in [2.05, 4.69) is 31.2 Å². The summed E-state index contributed by atoms with van der Waals surface area (Å²) in [7, 11) is 1.89. The van der Waals surface area contributed by atoms with Crippen LogP contribution in [0.3, 0.4) is 0 Å². The lowest BCUT2D eigenvalue weighted by atomic mass is 10.2. The van der Waals surface area contributed by atoms with Gasteiger partial charge in [0.25, 0.3) is 5.89 Å². The van der Waals surface area contributed by atoms with Gasteiger partial charge in [-0.3, -0.25) is 4.68 Å². The Labute approximate surface area is 89.2 Å². The van der Waals surface area contributed by atoms with Gasteiger partial charge in [-0.2, -0.15) is 10.1 Å². The number of aromatic nitrogens is 4. The highest BCUT2D eigenvalue weighted by molar-refractivity contribution is 9.10. The first-order valence-corrected chi connectivity index (χ1v) is 4.88. The Morgan fingerprint density at radius 1 is 1.36 bits per heavy atom. The van der Waals surface area contributed by atoms with Crippen LogP contribution in [0.1, 0.15) is 11.4 Å². The molecule has 2 heterocycles. The van der Waals surface area contributed by atoms with Gasteiger partial charge < -0.3 is 4.52 Å². The van der Waals surface area contributed by atoms with E-state index in [4.69, 9.17) is 4.52 Å². The first kappa shape index (κ1) is 9.39. The molecule has 5 nitrogen and oxygen atoms in total. The van der Waals surface area contributed by atoms with Crippen molar-refractivity contribution in [2.75, 3.05) is 0 Å². The lowest BCUT2D eigenvalue weighted by Crippen LogP contribution is -1.92. The fraction of sp³-hybridized carbons (Fsp3) is 0.375. The normalized spacial score (nSPS) is 10.9. The smallest absolute Gasteiger partial charge is 0.262 e. The zero-order chi connectivity index (χ0) is 10.3. The number of rotatable bonds is 1. The molecule has 0 bridgehead atoms. The fourth-order valence-corrected chi connectivity index (χ4v) is 1.62. The molecular formula is C8H9BrN4O. The van der Waals surface area contributed by atoms with E-state index in [-0.39, 0.29) is 0 Å². The zero-order valence-electron chi connectivity index (χ0n) is 8.08. The summed E-state index contributed by atoms with van der Waals surface area (Å²) in [5.41, 5.74) is 2.81. The number of aryl methyl sites for hydroxylation is 2. The van der Waals surface area contributed by atoms with Crippen LogP contribution in [-0.2, 0) is 7.05 Å². The van der Waals surface area contributed by atoms with Gasteiger partial charge >= 0.3 is 0 Å². The molecule has 14 heavy (non-hydrogen) atoms. The first-order chi connectivity index (χ1) is 6.59. The quantitative estimate of drug-likeness (QED) is 0.782. The second-order valence-corrected chi connectivity index (χ2v) is 3.75. The lowest BCUT2D eigenvalue weighted by molar-refractivity contribution is 0.426. The van der Waals surface area contributed by atoms with Crippen molar-refractivity contribution >= 4 is 15.9 Å². The van der Waals surface area contributed by atoms with Crippen LogP contribution in [0, 0.1) is 13.8 Å². The van der Waals surface area contributed by atoms with Gasteiger partial charge in [-0.15, -0.1) is 0 Å². The van der Waals surface area contributed by atoms with Crippen molar-refractivity contribution < 1.29 is 4.52 Å². The Morgan fingerprint density at radius 2 is 2.07 bits per heavy atom. The molecule has 2 rings (SSSR count). The van der Waals surface area contributed by atoms with Crippen molar-refractivity contribution in [3.8, 4) is 11.5 Å². The maximum absolute atomic E-state index is 5.06. The fourth-order valence-electron chi connectivity index (χ4n) is 1.39. The van der Waals surface area contributed by atoms with Crippen molar-refractivity contribution in [2.45, 2.75) is 13.8 Å². The van der Waals surface area contributed by atoms with Crippen molar-refractivity contribution in [3.05, 3.63) is 16.1 Å². The van der Waals surface area contributed by atoms with E-state index < -0.39 is 0 Å². The van der Waals surface area contributed by atoms with E-state index in [1.807, 2.05) is 20.9 Å². The van der Waals surface area contributed by atoms with Crippen molar-refractivity contribution in [2.24, 2.45) is 7.05 Å². The molecule has 2 aromatic heterocycles. The van der Waals surface area contributed by atoms with Gasteiger partial charge in [0.15, 0.2) is 0 Å². The lowest BCUT2D eigenvalue weighted by Gasteiger charge is -1.93. The second-order valence-electron chi connectivity index (χ2n) is 3.04. The topological polar surface area (TPSA) is 56.7 Å². The molecule has 0 aliphatic rings. The zero-order valence-corrected chi connectivity index (χ0v) is 9.66. The molecule has 0 spiro atoms. The third kappa shape index (κ3) is 1.35. The van der Waals surface area contributed by atoms with Crippen molar-refractivity contribution in [3.63, 3.8) is 0 Å². The van der Waals surface area contributed by atoms with Crippen LogP contribution in [0.25, 0.3) is 11.5 Å². The molecule has 0 aliphatic carbocycles. The highest BCUT2D eigenvalue weighted by atomic mass is 79.9. The second kappa shape index (κ2) is 3.20. The Balaban J connectivity index is 2.61. The molecule has 6 heteroatoms. The standard InChI is InChI=1S/C8H9BrN4O/c1-4-6(5(2)13(3)11-4)7-10-8(9)12-14-7/h1-3H3. The van der Waals surface area contributed by atoms with Crippen molar-refractivity contribution in [1.82, 2.24) is 19.9 Å². The SMILES string of the molecule is Cc1nn(C)c(C)c1-c1nc(Br)no1. The van der Waals surface area contributed by atoms with Gasteiger partial charge in [-0.25, -0.2) is 0 Å². The van der Waals surface area contributed by atoms with Crippen molar-refractivity contribution in [1.29, 1.82) is 0 Å². The number of nitrogens with zero attached hydrogens (tertiary/aromatic N) is 4. The Kier molecular flexibility index (Phi) is 2.14. The van der Waals surface area contributed by atoms with Crippen LogP contribution in [0.15, 0.2) is 9.26 Å². The monoisotopic (exact) mass is 256 g/mol. The molecule has 0 saturated heterocycles. The molecule has 0 N–H and O–H groups in total. The third-order valence-electron chi connectivity index (χ3n) is 2.12.